The van der Waals surface area contributed by atoms with Gasteiger partial charge in [-0.3, -0.25) is 4.90 Å². The van der Waals surface area contributed by atoms with E-state index >= 15 is 0 Å². The van der Waals surface area contributed by atoms with E-state index in [1.54, 1.807) is 6.07 Å². The van der Waals surface area contributed by atoms with Crippen LogP contribution < -0.4 is 0 Å². The number of rotatable bonds is 3. The monoisotopic (exact) mass is 275 g/mol. The maximum absolute atomic E-state index is 11.2. The Bertz CT molecular complexity index is 512. The lowest BCUT2D eigenvalue weighted by Gasteiger charge is -2.44. The number of hydrogen-bond acceptors (Lipinski definition) is 3. The van der Waals surface area contributed by atoms with E-state index in [0.717, 1.165) is 44.5 Å². The summed E-state index contributed by atoms with van der Waals surface area (Å²) in [6, 6.07) is 5.87. The Balaban J connectivity index is 1.93. The second-order valence-corrected chi connectivity index (χ2v) is 5.65. The summed E-state index contributed by atoms with van der Waals surface area (Å²) in [6.45, 7) is 5.02. The number of carbonyl (C=O) groups is 1. The number of hydrogen-bond donors (Lipinski definition) is 1. The molecule has 0 spiro atoms. The number of fused-ring (bicyclic) bond motifs is 3. The number of aromatic carboxylic acids is 1. The van der Waals surface area contributed by atoms with E-state index in [0.29, 0.717) is 11.6 Å². The highest BCUT2D eigenvalue weighted by Crippen LogP contribution is 2.38. The molecule has 1 N–H and O–H groups in total. The minimum atomic E-state index is -0.865. The molecule has 2 atom stereocenters. The highest BCUT2D eigenvalue weighted by Gasteiger charge is 2.37. The molecule has 2 aliphatic rings. The molecule has 0 saturated carbocycles. The molecule has 3 rings (SSSR count). The average molecular weight is 275 g/mol. The molecular weight excluding hydrogens is 254 g/mol. The second-order valence-electron chi connectivity index (χ2n) is 5.65. The third kappa shape index (κ3) is 2.34. The summed E-state index contributed by atoms with van der Waals surface area (Å²) in [5.74, 6) is -0.865. The van der Waals surface area contributed by atoms with Crippen LogP contribution in [-0.4, -0.2) is 41.7 Å². The minimum absolute atomic E-state index is 0.0401. The van der Waals surface area contributed by atoms with Crippen LogP contribution in [0.2, 0.25) is 0 Å². The molecule has 0 radical (unpaired) electrons. The smallest absolute Gasteiger partial charge is 0.335 e. The Morgan fingerprint density at radius 3 is 3.10 bits per heavy atom. The van der Waals surface area contributed by atoms with Gasteiger partial charge in [-0.1, -0.05) is 13.0 Å². The van der Waals surface area contributed by atoms with E-state index in [1.807, 2.05) is 12.1 Å². The fourth-order valence-electron chi connectivity index (χ4n) is 3.49. The first-order valence-electron chi connectivity index (χ1n) is 7.42. The van der Waals surface area contributed by atoms with Gasteiger partial charge in [0.2, 0.25) is 0 Å². The molecule has 4 heteroatoms. The molecule has 1 heterocycles. The predicted molar refractivity (Wildman–Crippen MR) is 76.1 cm³/mol. The normalized spacial score (nSPS) is 25.9. The van der Waals surface area contributed by atoms with Crippen molar-refractivity contribution in [1.82, 2.24) is 4.90 Å². The molecule has 108 valence electrons. The molecule has 1 saturated heterocycles. The zero-order chi connectivity index (χ0) is 14.1. The molecule has 1 aliphatic carbocycles. The van der Waals surface area contributed by atoms with Crippen molar-refractivity contribution in [2.75, 3.05) is 19.7 Å². The van der Waals surface area contributed by atoms with Gasteiger partial charge in [0, 0.05) is 12.6 Å². The van der Waals surface area contributed by atoms with E-state index in [2.05, 4.69) is 11.8 Å². The number of ether oxygens (including phenoxy) is 1. The van der Waals surface area contributed by atoms with Crippen molar-refractivity contribution in [2.24, 2.45) is 0 Å². The molecule has 0 aromatic heterocycles. The van der Waals surface area contributed by atoms with Crippen molar-refractivity contribution in [3.05, 3.63) is 34.9 Å². The van der Waals surface area contributed by atoms with Gasteiger partial charge in [0.25, 0.3) is 0 Å². The van der Waals surface area contributed by atoms with Crippen molar-refractivity contribution in [3.63, 3.8) is 0 Å². The van der Waals surface area contributed by atoms with E-state index in [4.69, 9.17) is 9.84 Å². The van der Waals surface area contributed by atoms with Gasteiger partial charge in [0.1, 0.15) is 0 Å². The van der Waals surface area contributed by atoms with Crippen molar-refractivity contribution >= 4 is 5.97 Å². The van der Waals surface area contributed by atoms with Gasteiger partial charge in [0.15, 0.2) is 0 Å². The molecule has 1 unspecified atom stereocenters. The molecular formula is C16H21NO3. The zero-order valence-electron chi connectivity index (χ0n) is 11.8. The fraction of sp³-hybridized carbons (Fsp3) is 0.562. The Hall–Kier alpha value is -1.39. The molecule has 1 aromatic carbocycles. The van der Waals surface area contributed by atoms with Gasteiger partial charge < -0.3 is 9.84 Å². The van der Waals surface area contributed by atoms with Gasteiger partial charge in [-0.2, -0.15) is 0 Å². The first-order valence-corrected chi connectivity index (χ1v) is 7.42. The van der Waals surface area contributed by atoms with Crippen LogP contribution in [0.1, 0.15) is 47.4 Å². The first-order chi connectivity index (χ1) is 9.70. The summed E-state index contributed by atoms with van der Waals surface area (Å²) in [5.41, 5.74) is 2.69. The Labute approximate surface area is 119 Å². The topological polar surface area (TPSA) is 49.8 Å². The lowest BCUT2D eigenvalue weighted by molar-refractivity contribution is -0.0801. The lowest BCUT2D eigenvalue weighted by atomic mass is 9.83. The molecule has 1 fully saturated rings. The summed E-state index contributed by atoms with van der Waals surface area (Å²) < 4.78 is 5.99. The van der Waals surface area contributed by atoms with Crippen LogP contribution in [0.25, 0.3) is 0 Å². The minimum Gasteiger partial charge on any atom is -0.478 e. The number of carboxylic acids is 1. The Morgan fingerprint density at radius 1 is 1.50 bits per heavy atom. The zero-order valence-corrected chi connectivity index (χ0v) is 11.8. The van der Waals surface area contributed by atoms with Crippen LogP contribution in [0.3, 0.4) is 0 Å². The summed E-state index contributed by atoms with van der Waals surface area (Å²) in [6.07, 6.45) is 3.30. The molecule has 0 amide bonds. The maximum Gasteiger partial charge on any atom is 0.335 e. The molecule has 0 bridgehead atoms. The number of benzene rings is 1. The quantitative estimate of drug-likeness (QED) is 0.920. The van der Waals surface area contributed by atoms with Gasteiger partial charge in [-0.15, -0.1) is 0 Å². The Kier molecular flexibility index (Phi) is 3.76. The average Bonchev–Trinajstić information content (AvgIpc) is 2.47. The van der Waals surface area contributed by atoms with Gasteiger partial charge in [-0.25, -0.2) is 4.79 Å². The van der Waals surface area contributed by atoms with E-state index in [-0.39, 0.29) is 6.10 Å². The maximum atomic E-state index is 11.2. The number of aryl methyl sites for hydroxylation is 1. The molecule has 1 aromatic rings. The summed E-state index contributed by atoms with van der Waals surface area (Å²) in [7, 11) is 0. The SMILES string of the molecule is CCCN1CCOC2c3cc(C(=O)O)ccc3CC[C@H]21. The van der Waals surface area contributed by atoms with Crippen LogP contribution in [0.4, 0.5) is 0 Å². The number of nitrogens with zero attached hydrogens (tertiary/aromatic N) is 1. The van der Waals surface area contributed by atoms with Crippen LogP contribution in [0.5, 0.6) is 0 Å². The van der Waals surface area contributed by atoms with Crippen LogP contribution in [0.15, 0.2) is 18.2 Å². The Morgan fingerprint density at radius 2 is 2.35 bits per heavy atom. The summed E-state index contributed by atoms with van der Waals surface area (Å²) in [5, 5.41) is 9.17. The van der Waals surface area contributed by atoms with E-state index in [9.17, 15) is 4.79 Å². The lowest BCUT2D eigenvalue weighted by Crippen LogP contribution is -2.49. The predicted octanol–water partition coefficient (Wildman–Crippen LogP) is 2.48. The van der Waals surface area contributed by atoms with Crippen molar-refractivity contribution in [3.8, 4) is 0 Å². The number of carboxylic acid groups (broad SMARTS) is 1. The third-order valence-corrected chi connectivity index (χ3v) is 4.41. The van der Waals surface area contributed by atoms with Crippen molar-refractivity contribution < 1.29 is 14.6 Å². The highest BCUT2D eigenvalue weighted by molar-refractivity contribution is 5.88. The summed E-state index contributed by atoms with van der Waals surface area (Å²) in [4.78, 5) is 13.7. The van der Waals surface area contributed by atoms with Gasteiger partial charge >= 0.3 is 5.97 Å². The third-order valence-electron chi connectivity index (χ3n) is 4.41. The van der Waals surface area contributed by atoms with Crippen LogP contribution in [-0.2, 0) is 11.2 Å². The van der Waals surface area contributed by atoms with Crippen LogP contribution in [0, 0.1) is 0 Å². The summed E-state index contributed by atoms with van der Waals surface area (Å²) >= 11 is 0. The molecule has 4 nitrogen and oxygen atoms in total. The number of morpholine rings is 1. The molecule has 20 heavy (non-hydrogen) atoms. The van der Waals surface area contributed by atoms with Gasteiger partial charge in [0.05, 0.1) is 18.3 Å². The first kappa shape index (κ1) is 13.6. The highest BCUT2D eigenvalue weighted by atomic mass is 16.5. The van der Waals surface area contributed by atoms with Crippen molar-refractivity contribution in [1.29, 1.82) is 0 Å². The largest absolute Gasteiger partial charge is 0.478 e. The van der Waals surface area contributed by atoms with Crippen LogP contribution >= 0.6 is 0 Å². The van der Waals surface area contributed by atoms with E-state index in [1.165, 1.54) is 5.56 Å². The molecule has 1 aliphatic heterocycles. The van der Waals surface area contributed by atoms with Crippen molar-refractivity contribution in [2.45, 2.75) is 38.3 Å². The second kappa shape index (κ2) is 5.54. The van der Waals surface area contributed by atoms with E-state index < -0.39 is 5.97 Å². The fourth-order valence-corrected chi connectivity index (χ4v) is 3.49. The standard InChI is InChI=1S/C16H21NO3/c1-2-7-17-8-9-20-15-13-10-12(16(18)19)4-3-11(13)5-6-14(15)17/h3-4,10,14-15H,2,5-9H2,1H3,(H,18,19)/t14-,15?/m1/s1. The van der Waals surface area contributed by atoms with Gasteiger partial charge in [-0.05, 0) is 49.1 Å².